The summed E-state index contributed by atoms with van der Waals surface area (Å²) in [7, 11) is -3.80. The number of H-pyrrole nitrogens is 1. The summed E-state index contributed by atoms with van der Waals surface area (Å²) in [6, 6.07) is 14.3. The Labute approximate surface area is 195 Å². The van der Waals surface area contributed by atoms with E-state index in [1.165, 1.54) is 11.3 Å². The number of fused-ring (bicyclic) bond motifs is 1. The highest BCUT2D eigenvalue weighted by molar-refractivity contribution is 9.10. The summed E-state index contributed by atoms with van der Waals surface area (Å²) in [5.74, 6) is 0.792. The van der Waals surface area contributed by atoms with Crippen molar-refractivity contribution >= 4 is 63.9 Å². The van der Waals surface area contributed by atoms with Crippen molar-refractivity contribution in [3.8, 4) is 11.4 Å². The van der Waals surface area contributed by atoms with Gasteiger partial charge in [0.1, 0.15) is 5.00 Å². The topological polar surface area (TPSA) is 83.1 Å². The zero-order valence-corrected chi connectivity index (χ0v) is 20.4. The summed E-state index contributed by atoms with van der Waals surface area (Å²) in [6.07, 6.45) is 2.07. The van der Waals surface area contributed by atoms with E-state index in [1.807, 2.05) is 31.2 Å². The normalized spacial score (nSPS) is 15.3. The molecule has 0 radical (unpaired) electrons. The maximum atomic E-state index is 13.8. The molecule has 1 aliphatic rings. The van der Waals surface area contributed by atoms with E-state index in [0.29, 0.717) is 22.3 Å². The second kappa shape index (κ2) is 7.84. The summed E-state index contributed by atoms with van der Waals surface area (Å²) in [5.41, 5.74) is 0.669. The molecule has 5 rings (SSSR count). The highest BCUT2D eigenvalue weighted by Crippen LogP contribution is 2.47. The first-order valence-corrected chi connectivity index (χ1v) is 13.6. The molecule has 1 atom stereocenters. The van der Waals surface area contributed by atoms with Crippen molar-refractivity contribution in [1.29, 1.82) is 0 Å². The van der Waals surface area contributed by atoms with Crippen LogP contribution in [-0.2, 0) is 10.0 Å². The van der Waals surface area contributed by atoms with Gasteiger partial charge in [0.15, 0.2) is 5.82 Å². The molecular weight excluding hydrogens is 518 g/mol. The monoisotopic (exact) mass is 535 g/mol. The van der Waals surface area contributed by atoms with Gasteiger partial charge in [-0.3, -0.25) is 14.1 Å². The molecule has 0 amide bonds. The number of nitrogens with zero attached hydrogens (tertiary/aromatic N) is 2. The van der Waals surface area contributed by atoms with Gasteiger partial charge >= 0.3 is 4.87 Å². The minimum Gasteiger partial charge on any atom is -0.296 e. The molecule has 0 saturated heterocycles. The molecule has 160 valence electrons. The first kappa shape index (κ1) is 20.9. The van der Waals surface area contributed by atoms with E-state index in [0.717, 1.165) is 38.9 Å². The van der Waals surface area contributed by atoms with E-state index in [9.17, 15) is 13.2 Å². The number of halogens is 1. The molecule has 1 aliphatic carbocycles. The summed E-state index contributed by atoms with van der Waals surface area (Å²) in [6.45, 7) is 1.99. The van der Waals surface area contributed by atoms with Crippen molar-refractivity contribution in [2.24, 2.45) is 5.92 Å². The summed E-state index contributed by atoms with van der Waals surface area (Å²) < 4.78 is 35.1. The zero-order chi connectivity index (χ0) is 21.8. The maximum absolute atomic E-state index is 13.8. The van der Waals surface area contributed by atoms with Gasteiger partial charge in [-0.15, -0.1) is 11.3 Å². The minimum absolute atomic E-state index is 0.149. The van der Waals surface area contributed by atoms with Crippen LogP contribution in [-0.4, -0.2) is 23.8 Å². The molecule has 0 aliphatic heterocycles. The van der Waals surface area contributed by atoms with Crippen LogP contribution in [0.3, 0.4) is 0 Å². The Kier molecular flexibility index (Phi) is 5.28. The van der Waals surface area contributed by atoms with Crippen LogP contribution in [0.2, 0.25) is 0 Å². The number of aromatic amines is 1. The van der Waals surface area contributed by atoms with Crippen molar-refractivity contribution in [3.63, 3.8) is 0 Å². The van der Waals surface area contributed by atoms with Crippen molar-refractivity contribution in [2.45, 2.75) is 30.7 Å². The first-order valence-electron chi connectivity index (χ1n) is 9.74. The predicted octanol–water partition coefficient (Wildman–Crippen LogP) is 5.47. The van der Waals surface area contributed by atoms with Crippen LogP contribution in [0.4, 0.5) is 5.00 Å². The quantitative estimate of drug-likeness (QED) is 0.354. The number of thiophene rings is 1. The van der Waals surface area contributed by atoms with Crippen LogP contribution in [0.25, 0.3) is 21.5 Å². The number of rotatable bonds is 6. The number of sulfonamides is 1. The molecule has 2 heterocycles. The fraction of sp³-hybridized carbons (Fsp3) is 0.238. The highest BCUT2D eigenvalue weighted by atomic mass is 79.9. The van der Waals surface area contributed by atoms with Crippen LogP contribution in [0, 0.1) is 5.92 Å². The number of anilines is 1. The average molecular weight is 536 g/mol. The van der Waals surface area contributed by atoms with Gasteiger partial charge in [-0.1, -0.05) is 18.2 Å². The van der Waals surface area contributed by atoms with Gasteiger partial charge in [0.25, 0.3) is 10.0 Å². The van der Waals surface area contributed by atoms with Gasteiger partial charge in [-0.2, -0.15) is 4.37 Å². The van der Waals surface area contributed by atoms with E-state index in [4.69, 9.17) is 0 Å². The number of nitrogens with one attached hydrogen (secondary N) is 1. The molecule has 1 unspecified atom stereocenters. The van der Waals surface area contributed by atoms with E-state index in [2.05, 4.69) is 25.3 Å². The lowest BCUT2D eigenvalue weighted by atomic mass is 10.2. The standard InChI is InChI=1S/C21H18BrN3O3S3/c1-12(13-6-7-13)25(20-18(22)16-4-2-3-5-17(16)29-20)31(27,28)15-10-8-14(9-11-15)19-23-21(26)30-24-19/h2-5,8-13H,6-7H2,1H3,(H,23,24,26). The zero-order valence-electron chi connectivity index (χ0n) is 16.4. The Bertz CT molecular complexity index is 1420. The SMILES string of the molecule is CC(C1CC1)N(c1sc2ccccc2c1Br)S(=O)(=O)c1ccc(-c2nsc(=O)[nH]2)cc1. The number of aromatic nitrogens is 2. The molecule has 4 aromatic rings. The molecule has 0 spiro atoms. The van der Waals surface area contributed by atoms with Crippen LogP contribution in [0.1, 0.15) is 19.8 Å². The lowest BCUT2D eigenvalue weighted by molar-refractivity contribution is 0.567. The van der Waals surface area contributed by atoms with Gasteiger partial charge in [0.05, 0.1) is 9.37 Å². The smallest absolute Gasteiger partial charge is 0.296 e. The van der Waals surface area contributed by atoms with Crippen molar-refractivity contribution < 1.29 is 8.42 Å². The molecule has 2 aromatic carbocycles. The van der Waals surface area contributed by atoms with Crippen LogP contribution < -0.4 is 9.18 Å². The van der Waals surface area contributed by atoms with Crippen molar-refractivity contribution in [1.82, 2.24) is 9.36 Å². The second-order valence-corrected chi connectivity index (χ2v) is 11.9. The van der Waals surface area contributed by atoms with Crippen LogP contribution >= 0.6 is 38.8 Å². The molecular formula is C21H18BrN3O3S3. The fourth-order valence-electron chi connectivity index (χ4n) is 3.68. The Balaban J connectivity index is 1.60. The number of hydrogen-bond acceptors (Lipinski definition) is 6. The van der Waals surface area contributed by atoms with Crippen LogP contribution in [0.5, 0.6) is 0 Å². The van der Waals surface area contributed by atoms with Crippen molar-refractivity contribution in [3.05, 3.63) is 62.7 Å². The molecule has 31 heavy (non-hydrogen) atoms. The molecule has 1 N–H and O–H groups in total. The van der Waals surface area contributed by atoms with E-state index < -0.39 is 10.0 Å². The van der Waals surface area contributed by atoms with E-state index >= 15 is 0 Å². The third kappa shape index (κ3) is 3.75. The van der Waals surface area contributed by atoms with Gasteiger partial charge in [-0.25, -0.2) is 8.42 Å². The number of hydrogen-bond donors (Lipinski definition) is 1. The van der Waals surface area contributed by atoms with Crippen molar-refractivity contribution in [2.75, 3.05) is 4.31 Å². The second-order valence-electron chi connectivity index (χ2n) is 7.56. The Morgan fingerprint density at radius 2 is 1.87 bits per heavy atom. The lowest BCUT2D eigenvalue weighted by Gasteiger charge is -2.30. The van der Waals surface area contributed by atoms with Gasteiger partial charge in [0, 0.05) is 33.2 Å². The highest BCUT2D eigenvalue weighted by Gasteiger charge is 2.40. The maximum Gasteiger partial charge on any atom is 0.323 e. The Hall–Kier alpha value is -2.01. The van der Waals surface area contributed by atoms with Crippen LogP contribution in [0.15, 0.2) is 62.7 Å². The molecule has 1 saturated carbocycles. The minimum atomic E-state index is -3.80. The first-order chi connectivity index (χ1) is 14.9. The molecule has 0 bridgehead atoms. The Morgan fingerprint density at radius 3 is 2.48 bits per heavy atom. The molecule has 10 heteroatoms. The largest absolute Gasteiger partial charge is 0.323 e. The predicted molar refractivity (Wildman–Crippen MR) is 130 cm³/mol. The fourth-order valence-corrected chi connectivity index (χ4v) is 8.30. The van der Waals surface area contributed by atoms with Gasteiger partial charge < -0.3 is 0 Å². The summed E-state index contributed by atoms with van der Waals surface area (Å²) >= 11 is 5.98. The average Bonchev–Trinajstić information content (AvgIpc) is 3.46. The summed E-state index contributed by atoms with van der Waals surface area (Å²) in [4.78, 5) is 14.0. The van der Waals surface area contributed by atoms with Gasteiger partial charge in [-0.05, 0) is 71.9 Å². The third-order valence-electron chi connectivity index (χ3n) is 5.52. The Morgan fingerprint density at radius 1 is 1.16 bits per heavy atom. The molecule has 1 fully saturated rings. The lowest BCUT2D eigenvalue weighted by Crippen LogP contribution is -2.39. The number of benzene rings is 2. The molecule has 6 nitrogen and oxygen atoms in total. The third-order valence-corrected chi connectivity index (χ3v) is 10.3. The van der Waals surface area contributed by atoms with E-state index in [-0.39, 0.29) is 15.8 Å². The molecule has 2 aromatic heterocycles. The van der Waals surface area contributed by atoms with E-state index in [1.54, 1.807) is 28.6 Å². The van der Waals surface area contributed by atoms with Gasteiger partial charge in [0.2, 0.25) is 0 Å². The summed E-state index contributed by atoms with van der Waals surface area (Å²) in [5, 5.41) is 1.71.